The summed E-state index contributed by atoms with van der Waals surface area (Å²) < 4.78 is 22.1. The molecule has 0 radical (unpaired) electrons. The SMILES string of the molecule is CCC[CH2][Sn]([CH2]CCC)([CH2]CCC)[O][O][Sn]([CH2]CCC)([CH2]CCC)[CH2]CCC. The second-order valence-electron chi connectivity index (χ2n) is 9.15. The third kappa shape index (κ3) is 13.0. The monoisotopic (exact) mass is 614 g/mol. The Morgan fingerprint density at radius 1 is 0.357 bits per heavy atom. The van der Waals surface area contributed by atoms with Crippen LogP contribution < -0.4 is 0 Å². The zero-order chi connectivity index (χ0) is 21.1. The fourth-order valence-electron chi connectivity index (χ4n) is 4.17. The van der Waals surface area contributed by atoms with Crippen LogP contribution in [0.1, 0.15) is 119 Å². The van der Waals surface area contributed by atoms with Gasteiger partial charge in [0.15, 0.2) is 0 Å². The van der Waals surface area contributed by atoms with E-state index in [1.54, 1.807) is 0 Å². The molecule has 0 N–H and O–H groups in total. The van der Waals surface area contributed by atoms with E-state index >= 15 is 0 Å². The molecule has 0 aromatic heterocycles. The van der Waals surface area contributed by atoms with Crippen molar-refractivity contribution in [1.29, 1.82) is 0 Å². The van der Waals surface area contributed by atoms with Crippen LogP contribution in [0, 0.1) is 0 Å². The van der Waals surface area contributed by atoms with Crippen LogP contribution in [0.5, 0.6) is 0 Å². The van der Waals surface area contributed by atoms with Gasteiger partial charge < -0.3 is 0 Å². The van der Waals surface area contributed by atoms with Gasteiger partial charge in [0.1, 0.15) is 0 Å². The molecule has 0 fully saturated rings. The first-order valence-electron chi connectivity index (χ1n) is 12.9. The molecule has 0 aromatic rings. The summed E-state index contributed by atoms with van der Waals surface area (Å²) in [6.07, 6.45) is 15.9. The van der Waals surface area contributed by atoms with Gasteiger partial charge in [-0.3, -0.25) is 0 Å². The maximum atomic E-state index is 6.90. The third-order valence-electron chi connectivity index (χ3n) is 6.31. The summed E-state index contributed by atoms with van der Waals surface area (Å²) in [5.74, 6) is 0. The Balaban J connectivity index is 5.42. The van der Waals surface area contributed by atoms with Crippen LogP contribution in [0.3, 0.4) is 0 Å². The van der Waals surface area contributed by atoms with Crippen LogP contribution in [0.2, 0.25) is 26.6 Å². The summed E-state index contributed by atoms with van der Waals surface area (Å²) in [6.45, 7) is 14.0. The Kier molecular flexibility index (Phi) is 20.3. The number of hydrogen-bond donors (Lipinski definition) is 0. The third-order valence-corrected chi connectivity index (χ3v) is 31.8. The van der Waals surface area contributed by atoms with Crippen molar-refractivity contribution in [2.45, 2.75) is 145 Å². The van der Waals surface area contributed by atoms with Gasteiger partial charge in [0.25, 0.3) is 0 Å². The van der Waals surface area contributed by atoms with E-state index in [0.717, 1.165) is 0 Å². The van der Waals surface area contributed by atoms with Crippen LogP contribution in [0.15, 0.2) is 0 Å². The van der Waals surface area contributed by atoms with Crippen molar-refractivity contribution < 1.29 is 6.45 Å². The average Bonchev–Trinajstić information content (AvgIpc) is 2.73. The van der Waals surface area contributed by atoms with Gasteiger partial charge in [0, 0.05) is 0 Å². The topological polar surface area (TPSA) is 18.5 Å². The molecule has 0 heterocycles. The van der Waals surface area contributed by atoms with E-state index < -0.39 is 37.6 Å². The predicted octanol–water partition coefficient (Wildman–Crippen LogP) is 9.63. The van der Waals surface area contributed by atoms with E-state index in [1.807, 2.05) is 0 Å². The van der Waals surface area contributed by atoms with Crippen LogP contribution in [0.4, 0.5) is 0 Å². The Morgan fingerprint density at radius 3 is 0.679 bits per heavy atom. The van der Waals surface area contributed by atoms with Crippen molar-refractivity contribution in [1.82, 2.24) is 0 Å². The second kappa shape index (κ2) is 19.2. The molecule has 4 heteroatoms. The molecular weight excluding hydrogens is 558 g/mol. The Morgan fingerprint density at radius 2 is 0.536 bits per heavy atom. The molecule has 0 amide bonds. The summed E-state index contributed by atoms with van der Waals surface area (Å²) in [4.78, 5) is 0. The quantitative estimate of drug-likeness (QED) is 0.0731. The maximum absolute atomic E-state index is 6.90. The van der Waals surface area contributed by atoms with Gasteiger partial charge in [-0.2, -0.15) is 0 Å². The summed E-state index contributed by atoms with van der Waals surface area (Å²) >= 11 is -5.29. The van der Waals surface area contributed by atoms with Crippen molar-refractivity contribution in [3.8, 4) is 0 Å². The van der Waals surface area contributed by atoms with Crippen LogP contribution in [-0.2, 0) is 6.45 Å². The normalized spacial score (nSPS) is 12.6. The van der Waals surface area contributed by atoms with E-state index in [-0.39, 0.29) is 0 Å². The average molecular weight is 612 g/mol. The van der Waals surface area contributed by atoms with E-state index in [4.69, 9.17) is 6.45 Å². The van der Waals surface area contributed by atoms with E-state index in [9.17, 15) is 0 Å². The molecule has 0 saturated carbocycles. The molecular formula is C24H54O2Sn2. The van der Waals surface area contributed by atoms with Gasteiger partial charge in [0.05, 0.1) is 0 Å². The summed E-state index contributed by atoms with van der Waals surface area (Å²) in [5, 5.41) is 0. The zero-order valence-electron chi connectivity index (χ0n) is 20.5. The Hall–Kier alpha value is 1.52. The van der Waals surface area contributed by atoms with Gasteiger partial charge >= 0.3 is 189 Å². The number of unbranched alkanes of at least 4 members (excludes halogenated alkanes) is 6. The standard InChI is InChI=1S/6C4H9.O2.2Sn/c6*1-3-4-2;1-2;;/h6*1,3-4H2,2H3;;;/q;;;;;;-2;2*+1. The first-order valence-corrected chi connectivity index (χ1v) is 27.4. The van der Waals surface area contributed by atoms with Crippen molar-refractivity contribution in [3.05, 3.63) is 0 Å². The fourth-order valence-corrected chi connectivity index (χ4v) is 34.7. The van der Waals surface area contributed by atoms with Crippen LogP contribution in [0.25, 0.3) is 0 Å². The minimum atomic E-state index is -2.64. The van der Waals surface area contributed by atoms with Gasteiger partial charge in [0.2, 0.25) is 0 Å². The van der Waals surface area contributed by atoms with Gasteiger partial charge in [-0.05, 0) is 0 Å². The molecule has 0 bridgehead atoms. The molecule has 0 spiro atoms. The molecule has 0 atom stereocenters. The summed E-state index contributed by atoms with van der Waals surface area (Å²) in [7, 11) is 0. The summed E-state index contributed by atoms with van der Waals surface area (Å²) in [6, 6.07) is 0. The van der Waals surface area contributed by atoms with E-state index in [0.29, 0.717) is 0 Å². The fraction of sp³-hybridized carbons (Fsp3) is 1.00. The van der Waals surface area contributed by atoms with Crippen LogP contribution >= 0.6 is 0 Å². The number of rotatable bonds is 21. The van der Waals surface area contributed by atoms with Crippen molar-refractivity contribution in [2.24, 2.45) is 0 Å². The predicted molar refractivity (Wildman–Crippen MR) is 132 cm³/mol. The Labute approximate surface area is 188 Å². The van der Waals surface area contributed by atoms with Gasteiger partial charge in [-0.1, -0.05) is 0 Å². The van der Waals surface area contributed by atoms with Crippen molar-refractivity contribution in [3.63, 3.8) is 0 Å². The van der Waals surface area contributed by atoms with E-state index in [1.165, 1.54) is 104 Å². The van der Waals surface area contributed by atoms with Crippen molar-refractivity contribution >= 4 is 37.6 Å². The van der Waals surface area contributed by atoms with Crippen molar-refractivity contribution in [2.75, 3.05) is 0 Å². The summed E-state index contributed by atoms with van der Waals surface area (Å²) in [5.41, 5.74) is 0. The molecule has 0 saturated heterocycles. The molecule has 0 aliphatic carbocycles. The molecule has 170 valence electrons. The molecule has 0 aromatic carbocycles. The van der Waals surface area contributed by atoms with Crippen LogP contribution in [-0.4, -0.2) is 37.6 Å². The molecule has 0 aliphatic rings. The Bertz CT molecular complexity index is 261. The first-order chi connectivity index (χ1) is 13.6. The first kappa shape index (κ1) is 29.5. The van der Waals surface area contributed by atoms with E-state index in [2.05, 4.69) is 41.5 Å². The van der Waals surface area contributed by atoms with Gasteiger partial charge in [-0.15, -0.1) is 0 Å². The van der Waals surface area contributed by atoms with Gasteiger partial charge in [-0.25, -0.2) is 0 Å². The minimum absolute atomic E-state index is 1.30. The molecule has 2 nitrogen and oxygen atoms in total. The molecule has 28 heavy (non-hydrogen) atoms. The number of hydrogen-bond acceptors (Lipinski definition) is 2. The molecule has 0 aliphatic heterocycles. The molecule has 0 unspecified atom stereocenters. The second-order valence-corrected chi connectivity index (χ2v) is 32.2. The zero-order valence-corrected chi connectivity index (χ0v) is 26.3. The molecule has 0 rings (SSSR count).